The molecule has 0 fully saturated rings. The number of nitrogens with one attached hydrogen (secondary N) is 2. The Morgan fingerprint density at radius 3 is 2.72 bits per heavy atom. The molecule has 0 saturated carbocycles. The average Bonchev–Trinajstić information content (AvgIpc) is 2.34. The third-order valence-corrected chi connectivity index (χ3v) is 3.03. The third kappa shape index (κ3) is 2.44. The normalized spacial score (nSPS) is 10.6. The molecule has 0 unspecified atom stereocenters. The van der Waals surface area contributed by atoms with Crippen molar-refractivity contribution in [2.75, 3.05) is 7.05 Å². The lowest BCUT2D eigenvalue weighted by molar-refractivity contribution is 0.787. The van der Waals surface area contributed by atoms with E-state index in [1.807, 2.05) is 25.1 Å². The van der Waals surface area contributed by atoms with Gasteiger partial charge in [-0.3, -0.25) is 4.79 Å². The lowest BCUT2D eigenvalue weighted by Crippen LogP contribution is -2.22. The molecule has 0 saturated heterocycles. The molecule has 2 N–H and O–H groups in total. The van der Waals surface area contributed by atoms with Gasteiger partial charge in [0, 0.05) is 17.8 Å². The summed E-state index contributed by atoms with van der Waals surface area (Å²) in [6.45, 7) is 2.32. The van der Waals surface area contributed by atoms with Crippen molar-refractivity contribution in [3.63, 3.8) is 0 Å². The summed E-state index contributed by atoms with van der Waals surface area (Å²) in [7, 11) is 1.79. The van der Waals surface area contributed by atoms with Crippen LogP contribution in [0.25, 0.3) is 11.4 Å². The lowest BCUT2D eigenvalue weighted by atomic mass is 10.2. The highest BCUT2D eigenvalue weighted by atomic mass is 35.5. The number of halogens is 1. The molecule has 0 radical (unpaired) electrons. The van der Waals surface area contributed by atoms with Gasteiger partial charge in [-0.2, -0.15) is 0 Å². The minimum atomic E-state index is -0.133. The number of hydrogen-bond acceptors (Lipinski definition) is 3. The molecule has 0 aliphatic rings. The number of benzene rings is 1. The van der Waals surface area contributed by atoms with Crippen LogP contribution in [0.15, 0.2) is 29.1 Å². The molecule has 0 aliphatic carbocycles. The van der Waals surface area contributed by atoms with Crippen molar-refractivity contribution >= 4 is 11.6 Å². The zero-order valence-electron chi connectivity index (χ0n) is 10.2. The molecule has 2 aromatic rings. The first-order valence-electron chi connectivity index (χ1n) is 5.62. The summed E-state index contributed by atoms with van der Waals surface area (Å²) < 4.78 is 0. The molecule has 5 heteroatoms. The van der Waals surface area contributed by atoms with Crippen molar-refractivity contribution < 1.29 is 0 Å². The highest BCUT2D eigenvalue weighted by Gasteiger charge is 2.10. The average molecular weight is 264 g/mol. The van der Waals surface area contributed by atoms with Crippen molar-refractivity contribution in [2.45, 2.75) is 13.5 Å². The number of rotatable bonds is 3. The maximum Gasteiger partial charge on any atom is 0.255 e. The topological polar surface area (TPSA) is 57.8 Å². The molecule has 2 rings (SSSR count). The molecule has 0 spiro atoms. The minimum Gasteiger partial charge on any atom is -0.315 e. The minimum absolute atomic E-state index is 0.133. The Bertz CT molecular complexity index is 622. The van der Waals surface area contributed by atoms with E-state index < -0.39 is 0 Å². The van der Waals surface area contributed by atoms with E-state index in [0.717, 1.165) is 5.56 Å². The van der Waals surface area contributed by atoms with E-state index in [9.17, 15) is 4.79 Å². The molecule has 1 aromatic heterocycles. The van der Waals surface area contributed by atoms with E-state index in [-0.39, 0.29) is 5.56 Å². The van der Waals surface area contributed by atoms with E-state index in [0.29, 0.717) is 28.6 Å². The molecule has 0 aliphatic heterocycles. The first kappa shape index (κ1) is 12.8. The summed E-state index contributed by atoms with van der Waals surface area (Å²) >= 11 is 6.09. The second kappa shape index (κ2) is 5.33. The smallest absolute Gasteiger partial charge is 0.255 e. The molecule has 1 heterocycles. The van der Waals surface area contributed by atoms with Gasteiger partial charge in [-0.25, -0.2) is 4.98 Å². The summed E-state index contributed by atoms with van der Waals surface area (Å²) in [5, 5.41) is 3.52. The van der Waals surface area contributed by atoms with E-state index in [1.165, 1.54) is 0 Å². The Morgan fingerprint density at radius 2 is 2.11 bits per heavy atom. The maximum atomic E-state index is 12.0. The molecular formula is C13H14ClN3O. The first-order chi connectivity index (χ1) is 8.63. The monoisotopic (exact) mass is 263 g/mol. The highest BCUT2D eigenvalue weighted by molar-refractivity contribution is 6.33. The van der Waals surface area contributed by atoms with Gasteiger partial charge in [-0.1, -0.05) is 23.7 Å². The zero-order chi connectivity index (χ0) is 13.1. The molecule has 4 nitrogen and oxygen atoms in total. The van der Waals surface area contributed by atoms with Crippen LogP contribution in [0.2, 0.25) is 5.02 Å². The van der Waals surface area contributed by atoms with Crippen LogP contribution in [0.5, 0.6) is 0 Å². The van der Waals surface area contributed by atoms with Crippen LogP contribution >= 0.6 is 11.6 Å². The SMILES string of the molecule is CNCc1c(C)nc(-c2ccccc2Cl)[nH]c1=O. The number of nitrogens with zero attached hydrogens (tertiary/aromatic N) is 1. The highest BCUT2D eigenvalue weighted by Crippen LogP contribution is 2.23. The van der Waals surface area contributed by atoms with Gasteiger partial charge in [0.25, 0.3) is 5.56 Å². The number of H-pyrrole nitrogens is 1. The van der Waals surface area contributed by atoms with Gasteiger partial charge >= 0.3 is 0 Å². The van der Waals surface area contributed by atoms with Crippen LogP contribution in [0, 0.1) is 6.92 Å². The summed E-state index contributed by atoms with van der Waals surface area (Å²) in [5.41, 5.74) is 1.96. The molecule has 0 amide bonds. The predicted molar refractivity (Wildman–Crippen MR) is 72.8 cm³/mol. The quantitative estimate of drug-likeness (QED) is 0.892. The van der Waals surface area contributed by atoms with Crippen molar-refractivity contribution in [3.05, 3.63) is 50.9 Å². The van der Waals surface area contributed by atoms with Crippen molar-refractivity contribution in [1.82, 2.24) is 15.3 Å². The Labute approximate surface area is 110 Å². The molecular weight excluding hydrogens is 250 g/mol. The fourth-order valence-corrected chi connectivity index (χ4v) is 2.00. The third-order valence-electron chi connectivity index (χ3n) is 2.70. The van der Waals surface area contributed by atoms with Crippen LogP contribution in [0.1, 0.15) is 11.3 Å². The Kier molecular flexibility index (Phi) is 3.79. The second-order valence-corrected chi connectivity index (χ2v) is 4.40. The summed E-state index contributed by atoms with van der Waals surface area (Å²) in [6.07, 6.45) is 0. The van der Waals surface area contributed by atoms with E-state index in [2.05, 4.69) is 15.3 Å². The van der Waals surface area contributed by atoms with Gasteiger partial charge in [0.05, 0.1) is 10.6 Å². The van der Waals surface area contributed by atoms with Gasteiger partial charge in [0.2, 0.25) is 0 Å². The van der Waals surface area contributed by atoms with E-state index in [1.54, 1.807) is 13.1 Å². The second-order valence-electron chi connectivity index (χ2n) is 3.99. The molecule has 1 aromatic carbocycles. The van der Waals surface area contributed by atoms with E-state index in [4.69, 9.17) is 11.6 Å². The van der Waals surface area contributed by atoms with Crippen LogP contribution in [0.4, 0.5) is 0 Å². The number of aromatic nitrogens is 2. The molecule has 18 heavy (non-hydrogen) atoms. The number of aryl methyl sites for hydroxylation is 1. The molecule has 0 atom stereocenters. The van der Waals surface area contributed by atoms with Crippen molar-refractivity contribution in [3.8, 4) is 11.4 Å². The maximum absolute atomic E-state index is 12.0. The number of aromatic amines is 1. The Morgan fingerprint density at radius 1 is 1.39 bits per heavy atom. The molecule has 0 bridgehead atoms. The fraction of sp³-hybridized carbons (Fsp3) is 0.231. The molecule has 94 valence electrons. The number of hydrogen-bond donors (Lipinski definition) is 2. The van der Waals surface area contributed by atoms with Crippen LogP contribution < -0.4 is 10.9 Å². The Balaban J connectivity index is 2.55. The first-order valence-corrected chi connectivity index (χ1v) is 6.00. The predicted octanol–water partition coefficient (Wildman–Crippen LogP) is 2.12. The van der Waals surface area contributed by atoms with E-state index >= 15 is 0 Å². The van der Waals surface area contributed by atoms with Gasteiger partial charge in [0.15, 0.2) is 0 Å². The zero-order valence-corrected chi connectivity index (χ0v) is 11.0. The summed E-state index contributed by atoms with van der Waals surface area (Å²) in [4.78, 5) is 19.1. The van der Waals surface area contributed by atoms with Gasteiger partial charge in [-0.15, -0.1) is 0 Å². The van der Waals surface area contributed by atoms with Gasteiger partial charge in [0.1, 0.15) is 5.82 Å². The van der Waals surface area contributed by atoms with Crippen LogP contribution in [0.3, 0.4) is 0 Å². The van der Waals surface area contributed by atoms with Crippen molar-refractivity contribution in [2.24, 2.45) is 0 Å². The largest absolute Gasteiger partial charge is 0.315 e. The summed E-state index contributed by atoms with van der Waals surface area (Å²) in [5.74, 6) is 0.503. The van der Waals surface area contributed by atoms with Gasteiger partial charge < -0.3 is 10.3 Å². The van der Waals surface area contributed by atoms with Crippen LogP contribution in [-0.2, 0) is 6.54 Å². The van der Waals surface area contributed by atoms with Crippen LogP contribution in [-0.4, -0.2) is 17.0 Å². The fourth-order valence-electron chi connectivity index (χ4n) is 1.78. The summed E-state index contributed by atoms with van der Waals surface area (Å²) in [6, 6.07) is 7.30. The van der Waals surface area contributed by atoms with Gasteiger partial charge in [-0.05, 0) is 26.1 Å². The standard InChI is InChI=1S/C13H14ClN3O/c1-8-10(7-15-2)13(18)17-12(16-8)9-5-3-4-6-11(9)14/h3-6,15H,7H2,1-2H3,(H,16,17,18). The Hall–Kier alpha value is -1.65. The van der Waals surface area contributed by atoms with Crippen molar-refractivity contribution in [1.29, 1.82) is 0 Å². The lowest BCUT2D eigenvalue weighted by Gasteiger charge is -2.08.